The predicted molar refractivity (Wildman–Crippen MR) is 100 cm³/mol. The van der Waals surface area contributed by atoms with Crippen LogP contribution in [0.3, 0.4) is 0 Å². The highest BCUT2D eigenvalue weighted by molar-refractivity contribution is 7.63. The van der Waals surface area contributed by atoms with E-state index >= 15 is 0 Å². The first kappa shape index (κ1) is 18.2. The number of hydrogen-bond acceptors (Lipinski definition) is 1. The van der Waals surface area contributed by atoms with Crippen LogP contribution in [-0.4, -0.2) is 24.4 Å². The molecule has 1 nitrogen and oxygen atoms in total. The fourth-order valence-electron chi connectivity index (χ4n) is 2.68. The van der Waals surface area contributed by atoms with Crippen molar-refractivity contribution in [2.45, 2.75) is 58.3 Å². The lowest BCUT2D eigenvalue weighted by atomic mass is 10.1. The maximum absolute atomic E-state index is 2.48. The van der Waals surface area contributed by atoms with Crippen LogP contribution in [-0.2, 0) is 6.42 Å². The average molecular weight is 305 g/mol. The zero-order valence-electron chi connectivity index (χ0n) is 15.1. The van der Waals surface area contributed by atoms with E-state index < -0.39 is 0 Å². The van der Waals surface area contributed by atoms with Crippen LogP contribution in [0.2, 0.25) is 0 Å². The summed E-state index contributed by atoms with van der Waals surface area (Å²) in [7, 11) is 4.01. The maximum atomic E-state index is 2.48. The normalized spacial score (nSPS) is 13.2. The Morgan fingerprint density at radius 2 is 1.38 bits per heavy atom. The van der Waals surface area contributed by atoms with Crippen LogP contribution in [0.15, 0.2) is 36.2 Å². The van der Waals surface area contributed by atoms with Crippen molar-refractivity contribution in [3.8, 4) is 0 Å². The lowest BCUT2D eigenvalue weighted by Gasteiger charge is -2.39. The van der Waals surface area contributed by atoms with E-state index in [0.29, 0.717) is 10.3 Å². The Balaban J connectivity index is 2.76. The zero-order chi connectivity index (χ0) is 16.3. The smallest absolute Gasteiger partial charge is 0.0361 e. The maximum Gasteiger partial charge on any atom is 0.0361 e. The zero-order valence-corrected chi connectivity index (χ0v) is 16.0. The molecule has 118 valence electrons. The van der Waals surface area contributed by atoms with Crippen LogP contribution < -0.4 is 4.90 Å². The Kier molecular flexibility index (Phi) is 6.05. The van der Waals surface area contributed by atoms with Gasteiger partial charge in [0.05, 0.1) is 0 Å². The van der Waals surface area contributed by atoms with Crippen molar-refractivity contribution in [2.24, 2.45) is 0 Å². The second-order valence-electron chi connectivity index (χ2n) is 7.86. The van der Waals surface area contributed by atoms with E-state index in [0.717, 1.165) is 6.42 Å². The van der Waals surface area contributed by atoms with Crippen LogP contribution in [0.4, 0.5) is 5.69 Å². The number of allylic oxidation sites excluding steroid dienone is 1. The van der Waals surface area contributed by atoms with Crippen LogP contribution >= 0.6 is 7.92 Å². The van der Waals surface area contributed by atoms with Crippen molar-refractivity contribution >= 4 is 13.6 Å². The molecule has 0 amide bonds. The van der Waals surface area contributed by atoms with Crippen molar-refractivity contribution in [1.82, 2.24) is 0 Å². The molecular weight excluding hydrogens is 273 g/mol. The summed E-state index contributed by atoms with van der Waals surface area (Å²) < 4.78 is 0. The summed E-state index contributed by atoms with van der Waals surface area (Å²) in [5.74, 6) is 2.48. The van der Waals surface area contributed by atoms with Gasteiger partial charge in [-0.1, -0.05) is 73.5 Å². The molecule has 0 radical (unpaired) electrons. The topological polar surface area (TPSA) is 3.24 Å². The SMILES string of the molecule is CN(C)c1ccc(CC=CP(C(C)(C)C)C(C)(C)C)cc1. The van der Waals surface area contributed by atoms with Gasteiger partial charge in [-0.3, -0.25) is 0 Å². The van der Waals surface area contributed by atoms with Crippen molar-refractivity contribution < 1.29 is 0 Å². The lowest BCUT2D eigenvalue weighted by Crippen LogP contribution is -2.23. The Bertz CT molecular complexity index is 444. The molecule has 1 rings (SSSR count). The van der Waals surface area contributed by atoms with Crippen LogP contribution in [0.25, 0.3) is 0 Å². The molecule has 21 heavy (non-hydrogen) atoms. The third-order valence-electron chi connectivity index (χ3n) is 3.51. The van der Waals surface area contributed by atoms with Crippen molar-refractivity contribution in [3.05, 3.63) is 41.7 Å². The second kappa shape index (κ2) is 6.97. The molecule has 0 saturated carbocycles. The molecule has 0 aliphatic rings. The van der Waals surface area contributed by atoms with E-state index in [2.05, 4.69) is 96.7 Å². The van der Waals surface area contributed by atoms with Gasteiger partial charge in [0.2, 0.25) is 0 Å². The Morgan fingerprint density at radius 3 is 1.76 bits per heavy atom. The van der Waals surface area contributed by atoms with Crippen LogP contribution in [0, 0.1) is 0 Å². The quantitative estimate of drug-likeness (QED) is 0.627. The van der Waals surface area contributed by atoms with Gasteiger partial charge in [-0.05, 0) is 34.4 Å². The number of nitrogens with zero attached hydrogens (tertiary/aromatic N) is 1. The number of benzene rings is 1. The fraction of sp³-hybridized carbons (Fsp3) is 0.579. The van der Waals surface area contributed by atoms with Crippen LogP contribution in [0.5, 0.6) is 0 Å². The minimum Gasteiger partial charge on any atom is -0.378 e. The third kappa shape index (κ3) is 5.83. The summed E-state index contributed by atoms with van der Waals surface area (Å²) in [5, 5.41) is 0.720. The number of anilines is 1. The molecule has 0 atom stereocenters. The van der Waals surface area contributed by atoms with Gasteiger partial charge in [-0.15, -0.1) is 0 Å². The van der Waals surface area contributed by atoms with Gasteiger partial charge in [0.15, 0.2) is 0 Å². The van der Waals surface area contributed by atoms with Gasteiger partial charge in [0, 0.05) is 19.8 Å². The van der Waals surface area contributed by atoms with E-state index in [9.17, 15) is 0 Å². The molecule has 0 aromatic heterocycles. The first-order chi connectivity index (χ1) is 9.51. The first-order valence-corrected chi connectivity index (χ1v) is 9.15. The molecule has 0 saturated heterocycles. The molecule has 0 fully saturated rings. The summed E-state index contributed by atoms with van der Waals surface area (Å²) in [6, 6.07) is 8.85. The Hall–Kier alpha value is -0.810. The Labute approximate surface area is 133 Å². The largest absolute Gasteiger partial charge is 0.378 e. The standard InChI is InChI=1S/C19H32NP/c1-18(2,3)21(19(4,5)6)15-9-10-16-11-13-17(14-12-16)20(7)8/h9,11-15H,10H2,1-8H3. The third-order valence-corrected chi connectivity index (χ3v) is 6.91. The minimum absolute atomic E-state index is 0.144. The van der Waals surface area contributed by atoms with E-state index in [1.54, 1.807) is 0 Å². The van der Waals surface area contributed by atoms with Gasteiger partial charge < -0.3 is 4.90 Å². The molecule has 0 N–H and O–H groups in total. The van der Waals surface area contributed by atoms with Gasteiger partial charge in [-0.25, -0.2) is 0 Å². The molecule has 0 spiro atoms. The van der Waals surface area contributed by atoms with E-state index in [4.69, 9.17) is 0 Å². The van der Waals surface area contributed by atoms with Crippen molar-refractivity contribution in [1.29, 1.82) is 0 Å². The van der Waals surface area contributed by atoms with E-state index in [1.165, 1.54) is 11.3 Å². The Morgan fingerprint density at radius 1 is 0.905 bits per heavy atom. The van der Waals surface area contributed by atoms with Crippen molar-refractivity contribution in [3.63, 3.8) is 0 Å². The van der Waals surface area contributed by atoms with E-state index in [1.807, 2.05) is 0 Å². The molecule has 1 aromatic rings. The molecule has 0 unspecified atom stereocenters. The molecule has 0 heterocycles. The summed E-state index contributed by atoms with van der Waals surface area (Å²) in [6.07, 6.45) is 3.39. The molecule has 0 bridgehead atoms. The number of hydrogen-bond donors (Lipinski definition) is 0. The van der Waals surface area contributed by atoms with Crippen molar-refractivity contribution in [2.75, 3.05) is 19.0 Å². The molecule has 1 aromatic carbocycles. The molecule has 2 heteroatoms. The fourth-order valence-corrected chi connectivity index (χ4v) is 5.90. The molecule has 0 aliphatic heterocycles. The summed E-state index contributed by atoms with van der Waals surface area (Å²) in [5.41, 5.74) is 2.64. The second-order valence-corrected chi connectivity index (χ2v) is 11.6. The van der Waals surface area contributed by atoms with E-state index in [-0.39, 0.29) is 7.92 Å². The number of rotatable bonds is 4. The lowest BCUT2D eigenvalue weighted by molar-refractivity contribution is 0.714. The summed E-state index contributed by atoms with van der Waals surface area (Å²) in [6.45, 7) is 14.2. The van der Waals surface area contributed by atoms with Gasteiger partial charge in [0.1, 0.15) is 0 Å². The molecular formula is C19H32NP. The minimum atomic E-state index is -0.144. The molecule has 0 aliphatic carbocycles. The first-order valence-electron chi connectivity index (χ1n) is 7.74. The average Bonchev–Trinajstić information content (AvgIpc) is 2.32. The van der Waals surface area contributed by atoms with Crippen LogP contribution in [0.1, 0.15) is 47.1 Å². The summed E-state index contributed by atoms with van der Waals surface area (Å²) in [4.78, 5) is 2.14. The van der Waals surface area contributed by atoms with Gasteiger partial charge in [-0.2, -0.15) is 0 Å². The highest BCUT2D eigenvalue weighted by Gasteiger charge is 2.31. The highest BCUT2D eigenvalue weighted by atomic mass is 31.1. The monoisotopic (exact) mass is 305 g/mol. The van der Waals surface area contributed by atoms with Gasteiger partial charge in [0.25, 0.3) is 0 Å². The summed E-state index contributed by atoms with van der Waals surface area (Å²) >= 11 is 0. The van der Waals surface area contributed by atoms with Gasteiger partial charge >= 0.3 is 0 Å². The highest BCUT2D eigenvalue weighted by Crippen LogP contribution is 2.60. The predicted octanol–water partition coefficient (Wildman–Crippen LogP) is 5.89.